The highest BCUT2D eigenvalue weighted by Gasteiger charge is 2.25. The minimum Gasteiger partial charge on any atom is -0.477 e. The van der Waals surface area contributed by atoms with Crippen molar-refractivity contribution in [2.45, 2.75) is 424 Å². The van der Waals surface area contributed by atoms with Crippen LogP contribution in [0.25, 0.3) is 0 Å². The van der Waals surface area contributed by atoms with Crippen molar-refractivity contribution in [1.82, 2.24) is 0 Å². The van der Waals surface area contributed by atoms with Crippen LogP contribution in [0.15, 0.2) is 0 Å². The zero-order valence-corrected chi connectivity index (χ0v) is 58.1. The fourth-order valence-corrected chi connectivity index (χ4v) is 12.0. The molecule has 506 valence electrons. The van der Waals surface area contributed by atoms with Crippen LogP contribution in [0.1, 0.15) is 412 Å². The molecule has 0 saturated carbocycles. The largest absolute Gasteiger partial charge is 0.477 e. The van der Waals surface area contributed by atoms with Crippen LogP contribution in [0.2, 0.25) is 0 Å². The molecule has 0 aromatic carbocycles. The molecule has 0 radical (unpaired) electrons. The summed E-state index contributed by atoms with van der Waals surface area (Å²) in [6.07, 6.45) is 79.7. The second kappa shape index (κ2) is 68.2. The van der Waals surface area contributed by atoms with Gasteiger partial charge in [0.15, 0.2) is 6.10 Å². The molecule has 0 aromatic heterocycles. The van der Waals surface area contributed by atoms with Crippen LogP contribution in [0.5, 0.6) is 0 Å². The molecule has 0 spiro atoms. The standard InChI is InChI=1S/C76H149NO8/c1-6-8-10-12-14-16-18-20-22-24-26-28-30-32-34-35-36-37-38-39-40-41-43-45-47-49-51-53-55-57-59-61-63-65-67-74(79)85-72(71-84-76(75(80)81)82-69-68-77(3,4)5)70-83-73(78)66-64-62-60-58-56-54-52-50-48-46-44-42-33-31-29-27-25-23-21-19-17-15-13-11-9-7-2/h72,76H,6-71H2,1-5H3/p+1. The van der Waals surface area contributed by atoms with Crippen molar-refractivity contribution in [1.29, 1.82) is 0 Å². The number of likely N-dealkylation sites (N-methyl/N-ethyl adjacent to an activating group) is 1. The van der Waals surface area contributed by atoms with Crippen molar-refractivity contribution >= 4 is 17.9 Å². The Bertz CT molecular complexity index is 1350. The zero-order chi connectivity index (χ0) is 61.9. The fourth-order valence-electron chi connectivity index (χ4n) is 12.0. The maximum absolute atomic E-state index is 13.0. The molecule has 0 aliphatic carbocycles. The summed E-state index contributed by atoms with van der Waals surface area (Å²) in [6.45, 7) is 4.98. The molecule has 9 nitrogen and oxygen atoms in total. The molecule has 0 aliphatic rings. The number of esters is 2. The number of rotatable bonds is 73. The highest BCUT2D eigenvalue weighted by atomic mass is 16.7. The van der Waals surface area contributed by atoms with E-state index >= 15 is 0 Å². The third-order valence-electron chi connectivity index (χ3n) is 17.9. The average Bonchev–Trinajstić information content (AvgIpc) is 3.49. The van der Waals surface area contributed by atoms with E-state index in [-0.39, 0.29) is 38.2 Å². The molecule has 0 saturated heterocycles. The number of hydrogen-bond acceptors (Lipinski definition) is 7. The summed E-state index contributed by atoms with van der Waals surface area (Å²) in [5.74, 6) is -1.96. The van der Waals surface area contributed by atoms with Crippen LogP contribution in [0.3, 0.4) is 0 Å². The Morgan fingerprint density at radius 3 is 0.753 bits per heavy atom. The first-order chi connectivity index (χ1) is 41.6. The molecular weight excluding hydrogens is 1050 g/mol. The molecule has 9 heteroatoms. The molecule has 0 bridgehead atoms. The number of nitrogens with zero attached hydrogens (tertiary/aromatic N) is 1. The summed E-state index contributed by atoms with van der Waals surface area (Å²) in [7, 11) is 6.00. The van der Waals surface area contributed by atoms with Gasteiger partial charge in [0.25, 0.3) is 6.29 Å². The van der Waals surface area contributed by atoms with Gasteiger partial charge in [-0.15, -0.1) is 0 Å². The van der Waals surface area contributed by atoms with Crippen molar-refractivity contribution in [3.8, 4) is 0 Å². The van der Waals surface area contributed by atoms with Gasteiger partial charge in [0.05, 0.1) is 34.4 Å². The van der Waals surface area contributed by atoms with Crippen molar-refractivity contribution < 1.29 is 42.9 Å². The minimum atomic E-state index is -1.50. The Balaban J connectivity index is 3.97. The number of quaternary nitrogens is 1. The molecule has 85 heavy (non-hydrogen) atoms. The predicted molar refractivity (Wildman–Crippen MR) is 365 cm³/mol. The van der Waals surface area contributed by atoms with Gasteiger partial charge in [-0.2, -0.15) is 0 Å². The number of aliphatic carboxylic acids is 1. The van der Waals surface area contributed by atoms with Gasteiger partial charge < -0.3 is 28.5 Å². The summed E-state index contributed by atoms with van der Waals surface area (Å²) in [5, 5.41) is 9.76. The van der Waals surface area contributed by atoms with Crippen LogP contribution in [-0.4, -0.2) is 87.4 Å². The average molecular weight is 1210 g/mol. The number of carbonyl (C=O) groups excluding carboxylic acids is 2. The van der Waals surface area contributed by atoms with E-state index in [1.165, 1.54) is 347 Å². The second-order valence-corrected chi connectivity index (χ2v) is 27.7. The molecule has 0 amide bonds. The monoisotopic (exact) mass is 1210 g/mol. The van der Waals surface area contributed by atoms with E-state index in [2.05, 4.69) is 13.8 Å². The van der Waals surface area contributed by atoms with Crippen molar-refractivity contribution in [2.75, 3.05) is 47.5 Å². The van der Waals surface area contributed by atoms with Crippen molar-refractivity contribution in [2.24, 2.45) is 0 Å². The molecule has 1 N–H and O–H groups in total. The molecule has 2 atom stereocenters. The van der Waals surface area contributed by atoms with E-state index in [1.807, 2.05) is 21.1 Å². The summed E-state index contributed by atoms with van der Waals surface area (Å²) in [5.41, 5.74) is 0. The molecule has 0 rings (SSSR count). The predicted octanol–water partition coefficient (Wildman–Crippen LogP) is 23.8. The van der Waals surface area contributed by atoms with Gasteiger partial charge in [0.2, 0.25) is 0 Å². The first-order valence-corrected chi connectivity index (χ1v) is 38.2. The first kappa shape index (κ1) is 83.3. The van der Waals surface area contributed by atoms with E-state index < -0.39 is 18.4 Å². The molecule has 0 fully saturated rings. The van der Waals surface area contributed by atoms with Crippen molar-refractivity contribution in [3.05, 3.63) is 0 Å². The SMILES string of the molecule is CCCCCCCCCCCCCCCCCCCCCCCCCCCCCCCCCCCCC(=O)OC(COC(=O)CCCCCCCCCCCCCCCCCCCCCCCCCCCC)COC(OCC[N+](C)(C)C)C(=O)O. The molecule has 0 aromatic rings. The smallest absolute Gasteiger partial charge is 0.361 e. The van der Waals surface area contributed by atoms with E-state index in [0.717, 1.165) is 38.5 Å². The highest BCUT2D eigenvalue weighted by molar-refractivity contribution is 5.71. The van der Waals surface area contributed by atoms with E-state index in [1.54, 1.807) is 0 Å². The van der Waals surface area contributed by atoms with Gasteiger partial charge in [-0.05, 0) is 12.8 Å². The van der Waals surface area contributed by atoms with Crippen LogP contribution in [0, 0.1) is 0 Å². The fraction of sp³-hybridized carbons (Fsp3) is 0.961. The summed E-state index contributed by atoms with van der Waals surface area (Å²) in [6, 6.07) is 0. The van der Waals surface area contributed by atoms with Crippen LogP contribution in [-0.2, 0) is 33.3 Å². The maximum Gasteiger partial charge on any atom is 0.361 e. The lowest BCUT2D eigenvalue weighted by molar-refractivity contribution is -0.870. The number of ether oxygens (including phenoxy) is 4. The minimum absolute atomic E-state index is 0.172. The number of carbonyl (C=O) groups is 3. The molecule has 0 aliphatic heterocycles. The van der Waals surface area contributed by atoms with Crippen LogP contribution >= 0.6 is 0 Å². The van der Waals surface area contributed by atoms with Gasteiger partial charge in [0.1, 0.15) is 13.2 Å². The normalized spacial score (nSPS) is 12.5. The zero-order valence-electron chi connectivity index (χ0n) is 58.1. The summed E-state index contributed by atoms with van der Waals surface area (Å²) >= 11 is 0. The van der Waals surface area contributed by atoms with Gasteiger partial charge in [-0.3, -0.25) is 9.59 Å². The number of carboxylic acid groups (broad SMARTS) is 1. The Hall–Kier alpha value is -1.71. The lowest BCUT2D eigenvalue weighted by Crippen LogP contribution is -2.40. The summed E-state index contributed by atoms with van der Waals surface area (Å²) in [4.78, 5) is 37.7. The second-order valence-electron chi connectivity index (χ2n) is 27.7. The molecular formula is C76H150NO8+. The van der Waals surface area contributed by atoms with Crippen LogP contribution < -0.4 is 0 Å². The van der Waals surface area contributed by atoms with Crippen LogP contribution in [0.4, 0.5) is 0 Å². The Morgan fingerprint density at radius 1 is 0.306 bits per heavy atom. The lowest BCUT2D eigenvalue weighted by atomic mass is 10.0. The summed E-state index contributed by atoms with van der Waals surface area (Å²) < 4.78 is 23.0. The number of hydrogen-bond donors (Lipinski definition) is 1. The van der Waals surface area contributed by atoms with Gasteiger partial charge in [0, 0.05) is 12.8 Å². The Labute approximate surface area is 530 Å². The highest BCUT2D eigenvalue weighted by Crippen LogP contribution is 2.20. The van der Waals surface area contributed by atoms with Gasteiger partial charge in [-0.25, -0.2) is 4.79 Å². The maximum atomic E-state index is 13.0. The topological polar surface area (TPSA) is 108 Å². The Morgan fingerprint density at radius 2 is 0.529 bits per heavy atom. The van der Waals surface area contributed by atoms with Gasteiger partial charge in [-0.1, -0.05) is 386 Å². The molecule has 2 unspecified atom stereocenters. The van der Waals surface area contributed by atoms with Crippen molar-refractivity contribution in [3.63, 3.8) is 0 Å². The third kappa shape index (κ3) is 69.6. The Kier molecular flexibility index (Phi) is 66.8. The number of unbranched alkanes of at least 4 members (excludes halogenated alkanes) is 58. The quantitative estimate of drug-likeness (QED) is 0.0278. The first-order valence-electron chi connectivity index (χ1n) is 38.2. The lowest BCUT2D eigenvalue weighted by Gasteiger charge is -2.25. The van der Waals surface area contributed by atoms with E-state index in [4.69, 9.17) is 18.9 Å². The third-order valence-corrected chi connectivity index (χ3v) is 17.9. The van der Waals surface area contributed by atoms with E-state index in [9.17, 15) is 19.5 Å². The molecule has 0 heterocycles. The number of carboxylic acids is 1. The van der Waals surface area contributed by atoms with E-state index in [0.29, 0.717) is 17.4 Å². The van der Waals surface area contributed by atoms with Gasteiger partial charge >= 0.3 is 17.9 Å².